The maximum Gasteiger partial charge on any atom is 0.0710 e. The Balaban J connectivity index is 1.77. The number of rotatable bonds is 2. The maximum atomic E-state index is 2.70. The van der Waals surface area contributed by atoms with Crippen molar-refractivity contribution in [2.45, 2.75) is 52.5 Å². The predicted octanol–water partition coefficient (Wildman–Crippen LogP) is 3.63. The van der Waals surface area contributed by atoms with E-state index >= 15 is 0 Å². The lowest BCUT2D eigenvalue weighted by Gasteiger charge is -2.26. The van der Waals surface area contributed by atoms with Crippen LogP contribution in [0.4, 0.5) is 5.69 Å². The van der Waals surface area contributed by atoms with Gasteiger partial charge in [0.2, 0.25) is 0 Å². The molecule has 2 aliphatic rings. The molecular formula is C17H26N2. The lowest BCUT2D eigenvalue weighted by molar-refractivity contribution is 0.248. The Morgan fingerprint density at radius 1 is 0.947 bits per heavy atom. The largest absolute Gasteiger partial charge is 0.357 e. The van der Waals surface area contributed by atoms with Crippen molar-refractivity contribution in [1.29, 1.82) is 0 Å². The zero-order valence-corrected chi connectivity index (χ0v) is 12.6. The van der Waals surface area contributed by atoms with Crippen LogP contribution in [0.25, 0.3) is 0 Å². The second kappa shape index (κ2) is 5.16. The Kier molecular flexibility index (Phi) is 3.53. The molecule has 3 rings (SSSR count). The molecule has 0 amide bonds. The molecule has 2 fully saturated rings. The number of hydrogen-bond acceptors (Lipinski definition) is 2. The van der Waals surface area contributed by atoms with Crippen molar-refractivity contribution in [2.24, 2.45) is 0 Å². The average molecular weight is 258 g/mol. The summed E-state index contributed by atoms with van der Waals surface area (Å²) in [6.07, 6.45) is 5.70. The molecule has 0 bridgehead atoms. The van der Waals surface area contributed by atoms with Gasteiger partial charge in [-0.15, -0.1) is 0 Å². The molecule has 104 valence electrons. The fourth-order valence-electron chi connectivity index (χ4n) is 4.03. The molecule has 1 saturated carbocycles. The molecule has 0 spiro atoms. The summed E-state index contributed by atoms with van der Waals surface area (Å²) in [6.45, 7) is 10.3. The first-order valence-electron chi connectivity index (χ1n) is 7.72. The summed E-state index contributed by atoms with van der Waals surface area (Å²) in [5, 5.41) is 0. The van der Waals surface area contributed by atoms with Crippen LogP contribution in [0.1, 0.15) is 42.4 Å². The summed E-state index contributed by atoms with van der Waals surface area (Å²) in [6, 6.07) is 5.50. The normalized spacial score (nSPS) is 21.5. The molecule has 2 nitrogen and oxygen atoms in total. The first-order valence-corrected chi connectivity index (χ1v) is 7.72. The quantitative estimate of drug-likeness (QED) is 0.799. The Morgan fingerprint density at radius 3 is 2.21 bits per heavy atom. The predicted molar refractivity (Wildman–Crippen MR) is 81.8 cm³/mol. The van der Waals surface area contributed by atoms with Crippen molar-refractivity contribution in [3.05, 3.63) is 28.8 Å². The van der Waals surface area contributed by atoms with E-state index in [4.69, 9.17) is 0 Å². The molecule has 0 radical (unpaired) electrons. The van der Waals surface area contributed by atoms with Crippen LogP contribution in [0, 0.1) is 20.8 Å². The number of benzene rings is 1. The van der Waals surface area contributed by atoms with E-state index in [-0.39, 0.29) is 0 Å². The molecule has 0 N–H and O–H groups in total. The first kappa shape index (κ1) is 13.0. The highest BCUT2D eigenvalue weighted by Gasteiger charge is 2.29. The SMILES string of the molecule is Cc1cc(C)c(N2CCN(C3CCCC3)C2)c(C)c1. The van der Waals surface area contributed by atoms with Gasteiger partial charge in [-0.05, 0) is 44.7 Å². The smallest absolute Gasteiger partial charge is 0.0710 e. The van der Waals surface area contributed by atoms with E-state index in [2.05, 4.69) is 42.7 Å². The second-order valence-corrected chi connectivity index (χ2v) is 6.40. The molecule has 0 unspecified atom stereocenters. The van der Waals surface area contributed by atoms with Crippen molar-refractivity contribution in [1.82, 2.24) is 4.90 Å². The first-order chi connectivity index (χ1) is 9.15. The molecule has 1 saturated heterocycles. The fourth-order valence-corrected chi connectivity index (χ4v) is 4.03. The van der Waals surface area contributed by atoms with Crippen LogP contribution in [0.15, 0.2) is 12.1 Å². The maximum absolute atomic E-state index is 2.70. The number of nitrogens with zero attached hydrogens (tertiary/aromatic N) is 2. The molecule has 2 heteroatoms. The molecule has 19 heavy (non-hydrogen) atoms. The van der Waals surface area contributed by atoms with Crippen molar-refractivity contribution in [3.63, 3.8) is 0 Å². The molecule has 1 aromatic rings. The zero-order chi connectivity index (χ0) is 13.4. The number of hydrogen-bond donors (Lipinski definition) is 0. The van der Waals surface area contributed by atoms with Gasteiger partial charge in [0.15, 0.2) is 0 Å². The van der Waals surface area contributed by atoms with E-state index in [1.165, 1.54) is 61.2 Å². The monoisotopic (exact) mass is 258 g/mol. The highest BCUT2D eigenvalue weighted by Crippen LogP contribution is 2.31. The summed E-state index contributed by atoms with van der Waals surface area (Å²) in [7, 11) is 0. The molecule has 1 heterocycles. The Labute approximate surface area is 117 Å². The van der Waals surface area contributed by atoms with Crippen molar-refractivity contribution >= 4 is 5.69 Å². The second-order valence-electron chi connectivity index (χ2n) is 6.40. The van der Waals surface area contributed by atoms with E-state index in [0.29, 0.717) is 0 Å². The van der Waals surface area contributed by atoms with Crippen LogP contribution in [0.2, 0.25) is 0 Å². The van der Waals surface area contributed by atoms with Crippen LogP contribution in [-0.4, -0.2) is 30.7 Å². The summed E-state index contributed by atoms with van der Waals surface area (Å²) in [5.41, 5.74) is 5.73. The molecule has 0 aromatic heterocycles. The van der Waals surface area contributed by atoms with Crippen LogP contribution in [0.5, 0.6) is 0 Å². The average Bonchev–Trinajstić information content (AvgIpc) is 2.97. The van der Waals surface area contributed by atoms with Crippen molar-refractivity contribution < 1.29 is 0 Å². The number of aryl methyl sites for hydroxylation is 3. The molecule has 0 atom stereocenters. The van der Waals surface area contributed by atoms with E-state index < -0.39 is 0 Å². The summed E-state index contributed by atoms with van der Waals surface area (Å²) in [4.78, 5) is 5.29. The van der Waals surface area contributed by atoms with Crippen LogP contribution >= 0.6 is 0 Å². The van der Waals surface area contributed by atoms with Gasteiger partial charge in [0, 0.05) is 24.8 Å². The minimum Gasteiger partial charge on any atom is -0.357 e. The van der Waals surface area contributed by atoms with E-state index in [1.54, 1.807) is 0 Å². The lowest BCUT2D eigenvalue weighted by Crippen LogP contribution is -2.33. The zero-order valence-electron chi connectivity index (χ0n) is 12.6. The van der Waals surface area contributed by atoms with E-state index in [0.717, 1.165) is 12.7 Å². The van der Waals surface area contributed by atoms with Crippen molar-refractivity contribution in [3.8, 4) is 0 Å². The van der Waals surface area contributed by atoms with Gasteiger partial charge in [0.05, 0.1) is 6.67 Å². The third kappa shape index (κ3) is 2.51. The molecular weight excluding hydrogens is 232 g/mol. The van der Waals surface area contributed by atoms with Gasteiger partial charge in [-0.3, -0.25) is 4.90 Å². The molecule has 1 aliphatic carbocycles. The minimum atomic E-state index is 0.857. The van der Waals surface area contributed by atoms with Gasteiger partial charge < -0.3 is 4.90 Å². The van der Waals surface area contributed by atoms with Gasteiger partial charge in [0.25, 0.3) is 0 Å². The van der Waals surface area contributed by atoms with Gasteiger partial charge in [-0.25, -0.2) is 0 Å². The summed E-state index contributed by atoms with van der Waals surface area (Å²) < 4.78 is 0. The Hall–Kier alpha value is -1.02. The van der Waals surface area contributed by atoms with Gasteiger partial charge in [-0.2, -0.15) is 0 Å². The fraction of sp³-hybridized carbons (Fsp3) is 0.647. The topological polar surface area (TPSA) is 6.48 Å². The standard InChI is InChI=1S/C17H26N2/c1-13-10-14(2)17(15(3)11-13)19-9-8-18(12-19)16-6-4-5-7-16/h10-11,16H,4-9,12H2,1-3H3. The van der Waals surface area contributed by atoms with Crippen molar-refractivity contribution in [2.75, 3.05) is 24.7 Å². The highest BCUT2D eigenvalue weighted by molar-refractivity contribution is 5.60. The molecule has 1 aliphatic heterocycles. The van der Waals surface area contributed by atoms with Crippen LogP contribution in [0.3, 0.4) is 0 Å². The Bertz CT molecular complexity index is 437. The molecule has 1 aromatic carbocycles. The highest BCUT2D eigenvalue weighted by atomic mass is 15.4. The van der Waals surface area contributed by atoms with E-state index in [9.17, 15) is 0 Å². The van der Waals surface area contributed by atoms with Gasteiger partial charge in [-0.1, -0.05) is 30.5 Å². The summed E-state index contributed by atoms with van der Waals surface area (Å²) in [5.74, 6) is 0. The van der Waals surface area contributed by atoms with Crippen LogP contribution in [-0.2, 0) is 0 Å². The van der Waals surface area contributed by atoms with E-state index in [1.807, 2.05) is 0 Å². The third-order valence-electron chi connectivity index (χ3n) is 4.80. The Morgan fingerprint density at radius 2 is 1.58 bits per heavy atom. The number of anilines is 1. The van der Waals surface area contributed by atoms with Gasteiger partial charge in [0.1, 0.15) is 0 Å². The lowest BCUT2D eigenvalue weighted by atomic mass is 10.0. The third-order valence-corrected chi connectivity index (χ3v) is 4.80. The summed E-state index contributed by atoms with van der Waals surface area (Å²) >= 11 is 0. The minimum absolute atomic E-state index is 0.857. The van der Waals surface area contributed by atoms with Gasteiger partial charge >= 0.3 is 0 Å². The van der Waals surface area contributed by atoms with Crippen LogP contribution < -0.4 is 4.90 Å².